The van der Waals surface area contributed by atoms with Gasteiger partial charge >= 0.3 is 5.97 Å². The van der Waals surface area contributed by atoms with E-state index < -0.39 is 127 Å². The van der Waals surface area contributed by atoms with Gasteiger partial charge in [-0.1, -0.05) is 62.3 Å². The fourth-order valence-corrected chi connectivity index (χ4v) is 12.6. The fourth-order valence-electron chi connectivity index (χ4n) is 12.3. The Hall–Kier alpha value is -3.03. The van der Waals surface area contributed by atoms with Gasteiger partial charge in [0.2, 0.25) is 0 Å². The molecule has 75 heavy (non-hydrogen) atoms. The summed E-state index contributed by atoms with van der Waals surface area (Å²) in [6.07, 6.45) is -6.34. The fraction of sp³-hybridized carbons (Fsp3) is 0.778. The highest BCUT2D eigenvalue weighted by Gasteiger charge is 2.55. The van der Waals surface area contributed by atoms with E-state index in [1.165, 1.54) is 25.8 Å². The van der Waals surface area contributed by atoms with E-state index in [0.29, 0.717) is 42.0 Å². The Morgan fingerprint density at radius 3 is 2.28 bits per heavy atom. The monoisotopic (exact) mass is 1120 g/mol. The number of aliphatic hydroxyl groups is 5. The maximum absolute atomic E-state index is 14.9. The second-order valence-corrected chi connectivity index (χ2v) is 23.5. The molecule has 5 heterocycles. The van der Waals surface area contributed by atoms with Crippen LogP contribution in [0.3, 0.4) is 0 Å². The zero-order valence-electron chi connectivity index (χ0n) is 46.4. The maximum atomic E-state index is 14.9. The zero-order chi connectivity index (χ0) is 55.5. The van der Waals surface area contributed by atoms with Crippen LogP contribution in [0.1, 0.15) is 118 Å². The number of halogens is 2. The summed E-state index contributed by atoms with van der Waals surface area (Å²) in [7, 11) is 6.78. The number of hydrogen-bond acceptors (Lipinski definition) is 18. The van der Waals surface area contributed by atoms with Crippen molar-refractivity contribution in [2.75, 3.05) is 48.1 Å². The largest absolute Gasteiger partial charge is 0.459 e. The van der Waals surface area contributed by atoms with E-state index in [2.05, 4.69) is 31.4 Å². The van der Waals surface area contributed by atoms with Crippen LogP contribution in [0.2, 0.25) is 0 Å². The number of hydrogen-bond donors (Lipinski definition) is 5. The third-order valence-electron chi connectivity index (χ3n) is 16.8. The molecule has 20 atom stereocenters. The Morgan fingerprint density at radius 1 is 1.00 bits per heavy atom. The predicted molar refractivity (Wildman–Crippen MR) is 280 cm³/mol. The minimum atomic E-state index is -1.83. The van der Waals surface area contributed by atoms with Gasteiger partial charge in [-0.25, -0.2) is 9.07 Å². The van der Waals surface area contributed by atoms with E-state index in [9.17, 15) is 34.7 Å². The van der Waals surface area contributed by atoms with Crippen LogP contribution < -0.4 is 0 Å². The number of alkyl halides is 1. The van der Waals surface area contributed by atoms with Crippen LogP contribution in [0, 0.1) is 23.7 Å². The maximum Gasteiger partial charge on any atom is 0.309 e. The molecule has 1 aromatic carbocycles. The molecule has 424 valence electrons. The molecule has 0 aliphatic carbocycles. The summed E-state index contributed by atoms with van der Waals surface area (Å²) in [6.45, 7) is 17.9. The number of rotatable bonds is 15. The molecule has 3 aromatic rings. The lowest BCUT2D eigenvalue weighted by molar-refractivity contribution is -0.302. The molecule has 3 fully saturated rings. The first-order chi connectivity index (χ1) is 35.2. The molecule has 1 unspecified atom stereocenters. The molecule has 3 saturated heterocycles. The van der Waals surface area contributed by atoms with Crippen LogP contribution >= 0.6 is 15.9 Å². The highest BCUT2D eigenvalue weighted by Crippen LogP contribution is 2.45. The molecule has 3 aliphatic heterocycles. The van der Waals surface area contributed by atoms with Crippen LogP contribution in [-0.4, -0.2) is 194 Å². The van der Waals surface area contributed by atoms with E-state index in [-0.39, 0.29) is 25.2 Å². The number of likely N-dealkylation sites (N-methyl/N-ethyl adjacent to an activating group) is 2. The molecule has 0 bridgehead atoms. The summed E-state index contributed by atoms with van der Waals surface area (Å²) in [5.41, 5.74) is -2.39. The van der Waals surface area contributed by atoms with Crippen molar-refractivity contribution in [1.82, 2.24) is 30.0 Å². The molecule has 0 spiro atoms. The third kappa shape index (κ3) is 13.7. The van der Waals surface area contributed by atoms with Crippen LogP contribution in [0.25, 0.3) is 11.3 Å². The highest BCUT2D eigenvalue weighted by atomic mass is 79.9. The van der Waals surface area contributed by atoms with Gasteiger partial charge in [0.05, 0.1) is 47.2 Å². The van der Waals surface area contributed by atoms with Gasteiger partial charge in [-0.3, -0.25) is 4.79 Å². The first-order valence-electron chi connectivity index (χ1n) is 26.5. The minimum absolute atomic E-state index is 0.169. The average molecular weight is 1130 g/mol. The topological polar surface area (TPSA) is 237 Å². The molecule has 21 heteroatoms. The van der Waals surface area contributed by atoms with E-state index >= 15 is 0 Å². The van der Waals surface area contributed by atoms with Crippen molar-refractivity contribution < 1.29 is 67.7 Å². The molecule has 0 saturated carbocycles. The number of aromatic nitrogens is 4. The van der Waals surface area contributed by atoms with Gasteiger partial charge in [-0.2, -0.15) is 0 Å². The second-order valence-electron chi connectivity index (χ2n) is 22.7. The lowest BCUT2D eigenvalue weighted by atomic mass is 9.68. The Kier molecular flexibility index (Phi) is 20.7. The van der Waals surface area contributed by atoms with Gasteiger partial charge in [0.15, 0.2) is 12.1 Å². The summed E-state index contributed by atoms with van der Waals surface area (Å²) >= 11 is 3.30. The lowest BCUT2D eigenvalue weighted by Crippen LogP contribution is -2.62. The third-order valence-corrected chi connectivity index (χ3v) is 17.2. The van der Waals surface area contributed by atoms with Crippen LogP contribution in [0.5, 0.6) is 0 Å². The molecule has 5 N–H and O–H groups in total. The Bertz CT molecular complexity index is 2270. The molecule has 6 rings (SSSR count). The normalized spacial score (nSPS) is 38.9. The van der Waals surface area contributed by atoms with Gasteiger partial charge in [0.1, 0.15) is 53.4 Å². The standard InChI is InChI=1S/C54H86BrFN6O13/c1-15-42-54(10,68)47(64)33(6)61(12)27-29(2)24-52(8,67)49(31(4)44(32(5)50(66)73-42)41-25-53(9,70-14)48(65)34(7)72-41)74-51-45(63)38(22-30(3)71-51)60(11)21-20-37-28-62(59-57-37)39(26-56)46(69-13)36-18-16-35(17-19-36)40-23-43(55)58-75-40/h16-19,23,28-34,38-39,41-42,44-49,51,63-65,67-68H,15,20-22,24-27H2,1-14H3/t29-,30-,31+,32-,33-,34+,38+,39-,41?,42-,44+,45-,46-,47-,48+,49-,51+,52-,53-,54-/m1/s1. The van der Waals surface area contributed by atoms with Crippen LogP contribution in [0.4, 0.5) is 4.39 Å². The number of carbonyl (C=O) groups excluding carboxylic acids is 1. The number of benzene rings is 1. The summed E-state index contributed by atoms with van der Waals surface area (Å²) in [4.78, 5) is 18.6. The van der Waals surface area contributed by atoms with Gasteiger partial charge in [0.25, 0.3) is 0 Å². The molecule has 0 amide bonds. The second kappa shape index (κ2) is 25.4. The predicted octanol–water partition coefficient (Wildman–Crippen LogP) is 5.69. The molecular formula is C54H86BrFN6O13. The van der Waals surface area contributed by atoms with Crippen molar-refractivity contribution in [1.29, 1.82) is 0 Å². The van der Waals surface area contributed by atoms with Crippen molar-refractivity contribution in [3.05, 3.63) is 52.4 Å². The number of carbonyl (C=O) groups is 1. The molecule has 3 aliphatic rings. The summed E-state index contributed by atoms with van der Waals surface area (Å²) in [5, 5.41) is 72.9. The number of aliphatic hydroxyl groups excluding tert-OH is 3. The minimum Gasteiger partial charge on any atom is -0.459 e. The summed E-state index contributed by atoms with van der Waals surface area (Å²) < 4.78 is 60.4. The van der Waals surface area contributed by atoms with Crippen LogP contribution in [0.15, 0.2) is 45.7 Å². The van der Waals surface area contributed by atoms with Crippen molar-refractivity contribution in [3.63, 3.8) is 0 Å². The van der Waals surface area contributed by atoms with Gasteiger partial charge in [-0.15, -0.1) is 5.10 Å². The van der Waals surface area contributed by atoms with Crippen molar-refractivity contribution in [3.8, 4) is 11.3 Å². The summed E-state index contributed by atoms with van der Waals surface area (Å²) in [5.74, 6) is -2.69. The highest BCUT2D eigenvalue weighted by molar-refractivity contribution is 9.10. The van der Waals surface area contributed by atoms with Crippen LogP contribution in [-0.2, 0) is 39.6 Å². The Labute approximate surface area is 450 Å². The van der Waals surface area contributed by atoms with E-state index in [0.717, 1.165) is 11.1 Å². The van der Waals surface area contributed by atoms with Gasteiger partial charge in [0, 0.05) is 76.0 Å². The first kappa shape index (κ1) is 61.2. The molecular weight excluding hydrogens is 1040 g/mol. The van der Waals surface area contributed by atoms with Crippen molar-refractivity contribution >= 4 is 21.9 Å². The SMILES string of the molecule is CC[C@H]1OC(=O)[C@H](C)[C@@H](C2C[C@@](C)(OC)[C@@H](O)[C@H](C)O2)[C@H](C)[C@@H](O[C@@H]2O[C@H](C)C[C@H](N(C)CCc3cn([C@H](CF)[C@H](OC)c4ccc(-c5cc(Br)no5)cc4)nn3)[C@H]2O)[C@](C)(O)C[C@@H](C)CN(C)[C@H](C)[C@@H](O)[C@]1(C)O. The first-order valence-corrected chi connectivity index (χ1v) is 27.3. The molecule has 19 nitrogen and oxygen atoms in total. The number of esters is 1. The quantitative estimate of drug-likeness (QED) is 0.115. The van der Waals surface area contributed by atoms with E-state index in [4.69, 9.17) is 32.9 Å². The summed E-state index contributed by atoms with van der Waals surface area (Å²) in [6, 6.07) is 7.30. The van der Waals surface area contributed by atoms with E-state index in [1.807, 2.05) is 68.9 Å². The zero-order valence-corrected chi connectivity index (χ0v) is 48.0. The van der Waals surface area contributed by atoms with Crippen molar-refractivity contribution in [2.24, 2.45) is 23.7 Å². The van der Waals surface area contributed by atoms with Gasteiger partial charge in [-0.05, 0) is 108 Å². The number of methoxy groups -OCH3 is 2. The lowest BCUT2D eigenvalue weighted by Gasteiger charge is -2.51. The Morgan fingerprint density at radius 2 is 1.68 bits per heavy atom. The number of cyclic esters (lactones) is 1. The number of nitrogens with zero attached hydrogens (tertiary/aromatic N) is 6. The molecule has 2 aromatic heterocycles. The van der Waals surface area contributed by atoms with Gasteiger partial charge < -0.3 is 68.3 Å². The smallest absolute Gasteiger partial charge is 0.309 e. The Balaban J connectivity index is 1.26. The van der Waals surface area contributed by atoms with E-state index in [1.54, 1.807) is 53.8 Å². The average Bonchev–Trinajstić information content (AvgIpc) is 4.03. The van der Waals surface area contributed by atoms with Crippen molar-refractivity contribution in [2.45, 2.75) is 197 Å². The number of ether oxygens (including phenoxy) is 6. The molecule has 0 radical (unpaired) electrons.